The normalized spacial score (nSPS) is 18.4. The van der Waals surface area contributed by atoms with E-state index in [1.54, 1.807) is 44.3 Å². The summed E-state index contributed by atoms with van der Waals surface area (Å²) < 4.78 is 72.6. The van der Waals surface area contributed by atoms with Crippen LogP contribution in [0.2, 0.25) is 0 Å². The number of aromatic nitrogens is 3. The third kappa shape index (κ3) is 7.31. The highest BCUT2D eigenvalue weighted by Gasteiger charge is 2.40. The van der Waals surface area contributed by atoms with Gasteiger partial charge in [-0.15, -0.1) is 5.10 Å². The number of carbonyl (C=O) groups is 3. The van der Waals surface area contributed by atoms with Gasteiger partial charge in [0.05, 0.1) is 23.0 Å². The quantitative estimate of drug-likeness (QED) is 0.116. The predicted molar refractivity (Wildman–Crippen MR) is 201 cm³/mol. The molecule has 0 spiro atoms. The molecule has 57 heavy (non-hydrogen) atoms. The van der Waals surface area contributed by atoms with Crippen LogP contribution in [0.4, 0.5) is 27.8 Å². The molecule has 15 heteroatoms. The summed E-state index contributed by atoms with van der Waals surface area (Å²) in [6.45, 7) is 5.03. The molecule has 2 aromatic heterocycles. The van der Waals surface area contributed by atoms with E-state index in [0.29, 0.717) is 82.7 Å². The molecule has 5 heterocycles. The maximum Gasteiger partial charge on any atom is 0.266 e. The number of fused-ring (bicyclic) bond motifs is 2. The zero-order valence-corrected chi connectivity index (χ0v) is 31.1. The standard InChI is InChI=1S/C42H38F5N7O3/c1-21(27-4-3-5-28(38(27)45)39(46)47)49-40-31-17-35(48-18-32(31)22(2)51-52-40)24-6-7-33(43)26(14-24)19-53-12-10-23(11-13-53)29-15-25-20-54(42(57)30(25)16-34(29)44)36-8-9-37(55)50-41(36)56/h3-7,14-18,21,23,36,39H,8-13,19-20H2,1-2H3,(H,49,52)(H,50,55,56)/t21-,36?/m1/s1. The summed E-state index contributed by atoms with van der Waals surface area (Å²) in [7, 11) is 0. The molecule has 0 aliphatic carbocycles. The number of anilines is 1. The second-order valence-corrected chi connectivity index (χ2v) is 15.0. The van der Waals surface area contributed by atoms with Crippen molar-refractivity contribution < 1.29 is 36.3 Å². The molecule has 3 aliphatic heterocycles. The lowest BCUT2D eigenvalue weighted by Crippen LogP contribution is -2.52. The fraction of sp³-hybridized carbons (Fsp3) is 0.333. The molecule has 0 bridgehead atoms. The summed E-state index contributed by atoms with van der Waals surface area (Å²) in [5.74, 6) is -2.99. The van der Waals surface area contributed by atoms with Crippen LogP contribution in [0.1, 0.15) is 94.9 Å². The molecule has 0 saturated carbocycles. The zero-order chi connectivity index (χ0) is 40.1. The molecular weight excluding hydrogens is 745 g/mol. The van der Waals surface area contributed by atoms with Crippen molar-refractivity contribution in [3.63, 3.8) is 0 Å². The van der Waals surface area contributed by atoms with Crippen molar-refractivity contribution in [1.82, 2.24) is 30.3 Å². The van der Waals surface area contributed by atoms with Gasteiger partial charge in [-0.05, 0) is 93.6 Å². The summed E-state index contributed by atoms with van der Waals surface area (Å²) in [4.78, 5) is 45.4. The SMILES string of the molecule is Cc1nnc(N[C@H](C)c2cccc(C(F)F)c2F)c2cc(-c3ccc(F)c(CN4CCC(c5cc6c(cc5F)C(=O)N(C5CCC(=O)NC5=O)C6)CC4)c3)ncc12. The van der Waals surface area contributed by atoms with Crippen LogP contribution in [0.15, 0.2) is 60.8 Å². The van der Waals surface area contributed by atoms with Crippen LogP contribution >= 0.6 is 0 Å². The number of hydrogen-bond donors (Lipinski definition) is 2. The number of amides is 3. The first-order chi connectivity index (χ1) is 27.4. The molecule has 5 aromatic rings. The van der Waals surface area contributed by atoms with Crippen LogP contribution in [0.25, 0.3) is 22.0 Å². The van der Waals surface area contributed by atoms with E-state index in [1.807, 2.05) is 0 Å². The number of piperidine rings is 2. The van der Waals surface area contributed by atoms with E-state index in [2.05, 4.69) is 30.7 Å². The van der Waals surface area contributed by atoms with Crippen molar-refractivity contribution in [2.75, 3.05) is 18.4 Å². The highest BCUT2D eigenvalue weighted by Crippen LogP contribution is 2.37. The number of alkyl halides is 2. The van der Waals surface area contributed by atoms with Crippen LogP contribution < -0.4 is 10.6 Å². The number of benzene rings is 3. The third-order valence-corrected chi connectivity index (χ3v) is 11.4. The molecule has 2 fully saturated rings. The average Bonchev–Trinajstić information content (AvgIpc) is 3.50. The molecule has 1 unspecified atom stereocenters. The van der Waals surface area contributed by atoms with Crippen molar-refractivity contribution in [1.29, 1.82) is 0 Å². The first kappa shape index (κ1) is 38.1. The molecule has 8 rings (SSSR count). The van der Waals surface area contributed by atoms with Gasteiger partial charge in [-0.3, -0.25) is 29.6 Å². The number of halogens is 5. The van der Waals surface area contributed by atoms with Crippen molar-refractivity contribution in [3.8, 4) is 11.3 Å². The lowest BCUT2D eigenvalue weighted by Gasteiger charge is -2.32. The Morgan fingerprint density at radius 2 is 1.68 bits per heavy atom. The van der Waals surface area contributed by atoms with E-state index in [-0.39, 0.29) is 48.2 Å². The van der Waals surface area contributed by atoms with Crippen molar-refractivity contribution >= 4 is 34.3 Å². The monoisotopic (exact) mass is 783 g/mol. The average molecular weight is 784 g/mol. The van der Waals surface area contributed by atoms with Crippen molar-refractivity contribution in [2.45, 2.75) is 77.0 Å². The minimum Gasteiger partial charge on any atom is -0.361 e. The molecule has 294 valence electrons. The summed E-state index contributed by atoms with van der Waals surface area (Å²) in [5, 5.41) is 15.2. The third-order valence-electron chi connectivity index (χ3n) is 11.4. The van der Waals surface area contributed by atoms with E-state index < -0.39 is 47.5 Å². The van der Waals surface area contributed by atoms with Gasteiger partial charge in [0, 0.05) is 58.7 Å². The molecule has 3 aromatic carbocycles. The Labute approximate surface area is 324 Å². The van der Waals surface area contributed by atoms with Crippen LogP contribution in [0.3, 0.4) is 0 Å². The van der Waals surface area contributed by atoms with Gasteiger partial charge in [0.15, 0.2) is 5.82 Å². The number of nitrogens with one attached hydrogen (secondary N) is 2. The smallest absolute Gasteiger partial charge is 0.266 e. The van der Waals surface area contributed by atoms with Crippen molar-refractivity contribution in [2.24, 2.45) is 0 Å². The maximum atomic E-state index is 15.5. The molecule has 10 nitrogen and oxygen atoms in total. The highest BCUT2D eigenvalue weighted by atomic mass is 19.3. The number of carbonyl (C=O) groups excluding carboxylic acids is 3. The van der Waals surface area contributed by atoms with Gasteiger partial charge < -0.3 is 10.2 Å². The van der Waals surface area contributed by atoms with Crippen LogP contribution in [0, 0.1) is 24.4 Å². The van der Waals surface area contributed by atoms with Crippen molar-refractivity contribution in [3.05, 3.63) is 117 Å². The number of nitrogens with zero attached hydrogens (tertiary/aromatic N) is 5. The second kappa shape index (κ2) is 15.3. The summed E-state index contributed by atoms with van der Waals surface area (Å²) in [6.07, 6.45) is 0.248. The van der Waals surface area contributed by atoms with Gasteiger partial charge >= 0.3 is 0 Å². The summed E-state index contributed by atoms with van der Waals surface area (Å²) >= 11 is 0. The topological polar surface area (TPSA) is 120 Å². The molecule has 2 N–H and O–H groups in total. The minimum absolute atomic E-state index is 0.0529. The summed E-state index contributed by atoms with van der Waals surface area (Å²) in [6, 6.07) is 11.9. The first-order valence-electron chi connectivity index (χ1n) is 18.8. The Kier molecular flexibility index (Phi) is 10.2. The zero-order valence-electron chi connectivity index (χ0n) is 31.1. The Balaban J connectivity index is 0.963. The maximum absolute atomic E-state index is 15.5. The summed E-state index contributed by atoms with van der Waals surface area (Å²) in [5.41, 5.74) is 2.98. The lowest BCUT2D eigenvalue weighted by molar-refractivity contribution is -0.136. The van der Waals surface area contributed by atoms with Crippen LogP contribution in [-0.4, -0.2) is 61.8 Å². The molecule has 3 amide bonds. The number of likely N-dealkylation sites (tertiary alicyclic amines) is 1. The number of imide groups is 1. The Morgan fingerprint density at radius 1 is 0.912 bits per heavy atom. The van der Waals surface area contributed by atoms with Gasteiger partial charge in [0.1, 0.15) is 23.5 Å². The molecule has 3 aliphatic rings. The molecule has 2 atom stereocenters. The first-order valence-corrected chi connectivity index (χ1v) is 18.8. The fourth-order valence-corrected chi connectivity index (χ4v) is 8.21. The van der Waals surface area contributed by atoms with Crippen LogP contribution in [-0.2, 0) is 22.7 Å². The van der Waals surface area contributed by atoms with Gasteiger partial charge in [-0.1, -0.05) is 24.3 Å². The minimum atomic E-state index is -2.96. The lowest BCUT2D eigenvalue weighted by atomic mass is 9.87. The number of pyridine rings is 1. The van der Waals surface area contributed by atoms with Gasteiger partial charge in [0.25, 0.3) is 12.3 Å². The van der Waals surface area contributed by atoms with E-state index in [4.69, 9.17) is 0 Å². The van der Waals surface area contributed by atoms with Crippen LogP contribution in [0.5, 0.6) is 0 Å². The van der Waals surface area contributed by atoms with Gasteiger partial charge in [0.2, 0.25) is 11.8 Å². The van der Waals surface area contributed by atoms with E-state index in [9.17, 15) is 27.6 Å². The fourth-order valence-electron chi connectivity index (χ4n) is 8.21. The number of hydrogen-bond acceptors (Lipinski definition) is 8. The van der Waals surface area contributed by atoms with E-state index in [0.717, 1.165) is 6.07 Å². The number of aryl methyl sites for hydroxylation is 1. The Bertz CT molecular complexity index is 2440. The second-order valence-electron chi connectivity index (χ2n) is 15.0. The van der Waals surface area contributed by atoms with E-state index in [1.165, 1.54) is 29.2 Å². The number of rotatable bonds is 9. The Hall–Kier alpha value is -5.83. The van der Waals surface area contributed by atoms with Gasteiger partial charge in [-0.25, -0.2) is 22.0 Å². The molecule has 0 radical (unpaired) electrons. The molecular formula is C42H38F5N7O3. The van der Waals surface area contributed by atoms with E-state index >= 15 is 8.78 Å². The largest absolute Gasteiger partial charge is 0.361 e. The molecule has 2 saturated heterocycles. The Morgan fingerprint density at radius 3 is 2.44 bits per heavy atom. The predicted octanol–water partition coefficient (Wildman–Crippen LogP) is 7.67. The van der Waals surface area contributed by atoms with Gasteiger partial charge in [-0.2, -0.15) is 5.10 Å². The highest BCUT2D eigenvalue weighted by molar-refractivity contribution is 6.05.